The van der Waals surface area contributed by atoms with Crippen molar-refractivity contribution in [1.29, 1.82) is 0 Å². The second kappa shape index (κ2) is 6.65. The molecule has 0 atom stereocenters. The zero-order valence-corrected chi connectivity index (χ0v) is 15.7. The summed E-state index contributed by atoms with van der Waals surface area (Å²) in [5.41, 5.74) is 1.98. The molecule has 2 aromatic carbocycles. The topological polar surface area (TPSA) is 78.9 Å². The molecule has 1 aliphatic rings. The average molecular weight is 393 g/mol. The quantitative estimate of drug-likeness (QED) is 0.528. The molecular weight excluding hydrogens is 378 g/mol. The fourth-order valence-corrected chi connectivity index (χ4v) is 4.21. The molecule has 0 saturated heterocycles. The Balaban J connectivity index is 1.55. The smallest absolute Gasteiger partial charge is 0.301 e. The summed E-state index contributed by atoms with van der Waals surface area (Å²) < 4.78 is 19.2. The second-order valence-electron chi connectivity index (χ2n) is 6.16. The van der Waals surface area contributed by atoms with E-state index in [1.807, 2.05) is 54.0 Å². The van der Waals surface area contributed by atoms with Crippen LogP contribution in [0, 0.1) is 0 Å². The molecule has 8 heteroatoms. The Kier molecular flexibility index (Phi) is 3.98. The van der Waals surface area contributed by atoms with Gasteiger partial charge in [0.15, 0.2) is 27.8 Å². The zero-order chi connectivity index (χ0) is 19.1. The first-order valence-corrected chi connectivity index (χ1v) is 9.59. The summed E-state index contributed by atoms with van der Waals surface area (Å²) in [5.74, 6) is 1.50. The van der Waals surface area contributed by atoms with Gasteiger partial charge >= 0.3 is 5.91 Å². The molecule has 0 N–H and O–H groups in total. The van der Waals surface area contributed by atoms with Gasteiger partial charge in [0.05, 0.1) is 10.2 Å². The lowest BCUT2D eigenvalue weighted by atomic mass is 10.1. The van der Waals surface area contributed by atoms with Crippen LogP contribution in [0.25, 0.3) is 21.5 Å². The van der Waals surface area contributed by atoms with Crippen molar-refractivity contribution in [2.45, 2.75) is 13.5 Å². The van der Waals surface area contributed by atoms with E-state index in [9.17, 15) is 4.79 Å². The van der Waals surface area contributed by atoms with E-state index in [4.69, 9.17) is 14.0 Å². The largest absolute Gasteiger partial charge is 0.454 e. The minimum atomic E-state index is -0.445. The number of rotatable bonds is 3. The van der Waals surface area contributed by atoms with Gasteiger partial charge in [-0.05, 0) is 6.92 Å². The molecular formula is C20H15N3O4S. The number of amides is 1. The van der Waals surface area contributed by atoms with Crippen LogP contribution in [0.15, 0.2) is 58.0 Å². The van der Waals surface area contributed by atoms with Crippen molar-refractivity contribution in [3.05, 3.63) is 59.0 Å². The predicted molar refractivity (Wildman–Crippen MR) is 103 cm³/mol. The van der Waals surface area contributed by atoms with Gasteiger partial charge in [-0.1, -0.05) is 46.8 Å². The lowest BCUT2D eigenvalue weighted by molar-refractivity contribution is 0.0989. The Morgan fingerprint density at radius 1 is 1.18 bits per heavy atom. The molecule has 5 rings (SSSR count). The molecule has 1 amide bonds. The lowest BCUT2D eigenvalue weighted by Gasteiger charge is -2.01. The van der Waals surface area contributed by atoms with E-state index in [1.54, 1.807) is 6.07 Å². The number of carbonyl (C=O) groups is 1. The number of fused-ring (bicyclic) bond motifs is 2. The number of hydrogen-bond donors (Lipinski definition) is 0. The van der Waals surface area contributed by atoms with Gasteiger partial charge in [0, 0.05) is 30.3 Å². The van der Waals surface area contributed by atoms with Crippen LogP contribution in [0.5, 0.6) is 11.5 Å². The van der Waals surface area contributed by atoms with Gasteiger partial charge in [-0.3, -0.25) is 4.79 Å². The molecule has 140 valence electrons. The molecule has 3 heterocycles. The molecule has 0 saturated carbocycles. The Bertz CT molecular complexity index is 1250. The third kappa shape index (κ3) is 2.78. The fraction of sp³-hybridized carbons (Fsp3) is 0.150. The number of benzene rings is 2. The summed E-state index contributed by atoms with van der Waals surface area (Å²) in [6.07, 6.45) is 0. The number of hydrogen-bond acceptors (Lipinski definition) is 6. The van der Waals surface area contributed by atoms with Crippen LogP contribution in [-0.2, 0) is 6.54 Å². The first-order valence-electron chi connectivity index (χ1n) is 8.77. The molecule has 4 aromatic rings. The number of aromatic nitrogens is 2. The Morgan fingerprint density at radius 2 is 1.96 bits per heavy atom. The summed E-state index contributed by atoms with van der Waals surface area (Å²) in [5, 5.41) is 3.89. The maximum absolute atomic E-state index is 12.7. The van der Waals surface area contributed by atoms with Gasteiger partial charge in [0.25, 0.3) is 0 Å². The third-order valence-corrected chi connectivity index (χ3v) is 5.52. The molecule has 0 unspecified atom stereocenters. The van der Waals surface area contributed by atoms with Gasteiger partial charge in [0.1, 0.15) is 0 Å². The molecule has 1 aliphatic heterocycles. The highest BCUT2D eigenvalue weighted by Gasteiger charge is 2.18. The molecule has 2 aromatic heterocycles. The van der Waals surface area contributed by atoms with E-state index in [0.29, 0.717) is 28.6 Å². The van der Waals surface area contributed by atoms with Crippen molar-refractivity contribution in [1.82, 2.24) is 9.72 Å². The van der Waals surface area contributed by atoms with Gasteiger partial charge in [-0.2, -0.15) is 4.99 Å². The van der Waals surface area contributed by atoms with Crippen molar-refractivity contribution < 1.29 is 18.8 Å². The molecule has 0 radical (unpaired) electrons. The fourth-order valence-electron chi connectivity index (χ4n) is 3.11. The van der Waals surface area contributed by atoms with Gasteiger partial charge in [0.2, 0.25) is 6.79 Å². The lowest BCUT2D eigenvalue weighted by Crippen LogP contribution is -2.16. The number of nitrogens with zero attached hydrogens (tertiary/aromatic N) is 3. The van der Waals surface area contributed by atoms with Crippen LogP contribution >= 0.6 is 11.3 Å². The maximum Gasteiger partial charge on any atom is 0.301 e. The van der Waals surface area contributed by atoms with Crippen molar-refractivity contribution in [2.75, 3.05) is 6.79 Å². The van der Waals surface area contributed by atoms with E-state index in [0.717, 1.165) is 15.8 Å². The van der Waals surface area contributed by atoms with E-state index in [2.05, 4.69) is 10.1 Å². The molecule has 0 aliphatic carbocycles. The average Bonchev–Trinajstić information content (AvgIpc) is 3.44. The highest BCUT2D eigenvalue weighted by Crippen LogP contribution is 2.37. The van der Waals surface area contributed by atoms with Gasteiger partial charge in [-0.25, -0.2) is 0 Å². The van der Waals surface area contributed by atoms with E-state index < -0.39 is 5.91 Å². The highest BCUT2D eigenvalue weighted by molar-refractivity contribution is 7.16. The second-order valence-corrected chi connectivity index (χ2v) is 7.17. The van der Waals surface area contributed by atoms with Gasteiger partial charge < -0.3 is 18.6 Å². The van der Waals surface area contributed by atoms with Crippen LogP contribution in [-0.4, -0.2) is 22.4 Å². The molecule has 0 spiro atoms. The minimum absolute atomic E-state index is 0.174. The summed E-state index contributed by atoms with van der Waals surface area (Å²) in [4.78, 5) is 17.5. The summed E-state index contributed by atoms with van der Waals surface area (Å²) in [7, 11) is 0. The predicted octanol–water partition coefficient (Wildman–Crippen LogP) is 3.85. The first kappa shape index (κ1) is 16.8. The number of carbonyl (C=O) groups excluding carboxylic acids is 1. The first-order chi connectivity index (χ1) is 13.7. The number of thiazole rings is 1. The molecule has 0 bridgehead atoms. The monoisotopic (exact) mass is 393 g/mol. The van der Waals surface area contributed by atoms with E-state index >= 15 is 0 Å². The third-order valence-electron chi connectivity index (χ3n) is 4.48. The van der Waals surface area contributed by atoms with Crippen LogP contribution in [0.1, 0.15) is 17.4 Å². The summed E-state index contributed by atoms with van der Waals surface area (Å²) in [6.45, 7) is 2.90. The Morgan fingerprint density at radius 3 is 2.75 bits per heavy atom. The summed E-state index contributed by atoms with van der Waals surface area (Å²) >= 11 is 1.42. The van der Waals surface area contributed by atoms with Crippen molar-refractivity contribution in [2.24, 2.45) is 4.99 Å². The molecule has 7 nitrogen and oxygen atoms in total. The SMILES string of the molecule is CCn1c(=NC(=O)c2cc(-c3ccccc3)on2)sc2cc3c(cc21)OCO3. The maximum atomic E-state index is 12.7. The van der Waals surface area contributed by atoms with Crippen LogP contribution < -0.4 is 14.3 Å². The number of aryl methyl sites for hydroxylation is 1. The Hall–Kier alpha value is -3.39. The molecule has 0 fully saturated rings. The standard InChI is InChI=1S/C20H15N3O4S/c1-2-23-14-9-16-17(26-11-25-16)10-18(14)28-20(23)21-19(24)13-8-15(27-22-13)12-6-4-3-5-7-12/h3-10H,2,11H2,1H3. The van der Waals surface area contributed by atoms with Crippen LogP contribution in [0.3, 0.4) is 0 Å². The summed E-state index contributed by atoms with van der Waals surface area (Å²) in [6, 6.07) is 15.0. The van der Waals surface area contributed by atoms with Crippen molar-refractivity contribution in [3.8, 4) is 22.8 Å². The van der Waals surface area contributed by atoms with Crippen molar-refractivity contribution >= 4 is 27.5 Å². The molecule has 28 heavy (non-hydrogen) atoms. The zero-order valence-electron chi connectivity index (χ0n) is 14.9. The van der Waals surface area contributed by atoms with E-state index in [-0.39, 0.29) is 12.5 Å². The minimum Gasteiger partial charge on any atom is -0.454 e. The van der Waals surface area contributed by atoms with Crippen LogP contribution in [0.4, 0.5) is 0 Å². The van der Waals surface area contributed by atoms with Crippen molar-refractivity contribution in [3.63, 3.8) is 0 Å². The highest BCUT2D eigenvalue weighted by atomic mass is 32.1. The van der Waals surface area contributed by atoms with E-state index in [1.165, 1.54) is 11.3 Å². The van der Waals surface area contributed by atoms with Crippen LogP contribution in [0.2, 0.25) is 0 Å². The van der Waals surface area contributed by atoms with Gasteiger partial charge in [-0.15, -0.1) is 0 Å². The number of ether oxygens (including phenoxy) is 2. The Labute approximate surface area is 163 Å². The normalized spacial score (nSPS) is 13.4.